The highest BCUT2D eigenvalue weighted by molar-refractivity contribution is 6.65. The van der Waals surface area contributed by atoms with Crippen LogP contribution in [0, 0.1) is 0 Å². The summed E-state index contributed by atoms with van der Waals surface area (Å²) in [6, 6.07) is 0. The Labute approximate surface area is 73.4 Å². The third-order valence-corrected chi connectivity index (χ3v) is 1.72. The molecule has 0 radical (unpaired) electrons. The Balaban J connectivity index is 2.78. The van der Waals surface area contributed by atoms with E-state index in [4.69, 9.17) is 5.11 Å². The van der Waals surface area contributed by atoms with Gasteiger partial charge >= 0.3 is 11.8 Å². The number of cyclic esters (lactones) is 1. The van der Waals surface area contributed by atoms with Gasteiger partial charge in [-0.3, -0.25) is 9.59 Å². The van der Waals surface area contributed by atoms with E-state index in [1.807, 2.05) is 0 Å². The second kappa shape index (κ2) is 3.63. The Bertz CT molecular complexity index is 254. The quantitative estimate of drug-likeness (QED) is 0.409. The monoisotopic (exact) mass is 188 g/mol. The van der Waals surface area contributed by atoms with Gasteiger partial charge < -0.3 is 14.6 Å². The Hall–Kier alpha value is -1.27. The van der Waals surface area contributed by atoms with Crippen molar-refractivity contribution < 1.29 is 29.0 Å². The maximum absolute atomic E-state index is 11.0. The maximum Gasteiger partial charge on any atom is 0.383 e. The summed E-state index contributed by atoms with van der Waals surface area (Å²) in [5, 5.41) is 8.70. The molecule has 0 aromatic heterocycles. The van der Waals surface area contributed by atoms with E-state index in [1.165, 1.54) is 7.11 Å². The summed E-state index contributed by atoms with van der Waals surface area (Å²) in [5.41, 5.74) is 0. The van der Waals surface area contributed by atoms with Gasteiger partial charge in [0.2, 0.25) is 0 Å². The largest absolute Gasteiger partial charge is 0.445 e. The Morgan fingerprint density at radius 2 is 2.15 bits per heavy atom. The summed E-state index contributed by atoms with van der Waals surface area (Å²) in [4.78, 5) is 32.3. The van der Waals surface area contributed by atoms with E-state index in [1.54, 1.807) is 0 Å². The fraction of sp³-hybridized carbons (Fsp3) is 0.571. The first-order valence-electron chi connectivity index (χ1n) is 3.54. The number of methoxy groups -OCH3 is 1. The van der Waals surface area contributed by atoms with Crippen LogP contribution in [0.4, 0.5) is 0 Å². The first-order valence-corrected chi connectivity index (χ1v) is 3.54. The molecule has 1 aliphatic rings. The molecule has 0 unspecified atom stereocenters. The molecular formula is C7H8O6. The fourth-order valence-corrected chi connectivity index (χ4v) is 0.991. The molecule has 0 bridgehead atoms. The molecule has 6 nitrogen and oxygen atoms in total. The number of carbonyl (C=O) groups is 3. The minimum absolute atomic E-state index is 0.493. The van der Waals surface area contributed by atoms with Crippen molar-refractivity contribution >= 4 is 17.5 Å². The second-order valence-corrected chi connectivity index (χ2v) is 2.48. The molecular weight excluding hydrogens is 180 g/mol. The van der Waals surface area contributed by atoms with Crippen LogP contribution in [0.3, 0.4) is 0 Å². The lowest BCUT2D eigenvalue weighted by Gasteiger charge is -2.15. The number of carbonyl (C=O) groups excluding carboxylic acids is 3. The predicted molar refractivity (Wildman–Crippen MR) is 37.8 cm³/mol. The van der Waals surface area contributed by atoms with Crippen molar-refractivity contribution in [2.45, 2.75) is 12.2 Å². The van der Waals surface area contributed by atoms with Gasteiger partial charge in [0.15, 0.2) is 6.10 Å². The lowest BCUT2D eigenvalue weighted by atomic mass is 10.1. The molecule has 0 aliphatic carbocycles. The van der Waals surface area contributed by atoms with E-state index in [-0.39, 0.29) is 0 Å². The van der Waals surface area contributed by atoms with E-state index in [0.717, 1.165) is 0 Å². The predicted octanol–water partition coefficient (Wildman–Crippen LogP) is -1.94. The van der Waals surface area contributed by atoms with Gasteiger partial charge in [-0.15, -0.1) is 0 Å². The molecule has 0 spiro atoms. The average Bonchev–Trinajstić information content (AvgIpc) is 2.36. The van der Waals surface area contributed by atoms with Crippen molar-refractivity contribution in [1.82, 2.24) is 0 Å². The number of hydrogen-bond donors (Lipinski definition) is 1. The molecule has 1 rings (SSSR count). The van der Waals surface area contributed by atoms with Crippen LogP contribution in [0.15, 0.2) is 0 Å². The van der Waals surface area contributed by atoms with Crippen molar-refractivity contribution in [2.75, 3.05) is 13.7 Å². The molecule has 6 heteroatoms. The van der Waals surface area contributed by atoms with Crippen molar-refractivity contribution in [1.29, 1.82) is 0 Å². The van der Waals surface area contributed by atoms with Crippen LogP contribution >= 0.6 is 0 Å². The zero-order valence-electron chi connectivity index (χ0n) is 6.85. The molecule has 1 fully saturated rings. The van der Waals surface area contributed by atoms with Crippen molar-refractivity contribution in [2.24, 2.45) is 0 Å². The summed E-state index contributed by atoms with van der Waals surface area (Å²) in [6.07, 6.45) is -2.27. The zero-order chi connectivity index (χ0) is 10.0. The molecule has 1 aliphatic heterocycles. The van der Waals surface area contributed by atoms with Crippen LogP contribution in [0.25, 0.3) is 0 Å². The van der Waals surface area contributed by atoms with Gasteiger partial charge in [0, 0.05) is 7.11 Å². The normalized spacial score (nSPS) is 24.8. The molecule has 0 saturated carbocycles. The van der Waals surface area contributed by atoms with Crippen LogP contribution < -0.4 is 0 Å². The highest BCUT2D eigenvalue weighted by Crippen LogP contribution is 2.12. The summed E-state index contributed by atoms with van der Waals surface area (Å²) >= 11 is 0. The maximum atomic E-state index is 11.0. The van der Waals surface area contributed by atoms with Crippen molar-refractivity contribution in [3.63, 3.8) is 0 Å². The molecule has 1 heterocycles. The van der Waals surface area contributed by atoms with Crippen molar-refractivity contribution in [3.8, 4) is 0 Å². The van der Waals surface area contributed by atoms with Gasteiger partial charge in [0.25, 0.3) is 5.78 Å². The molecule has 2 atom stereocenters. The Morgan fingerprint density at radius 1 is 1.54 bits per heavy atom. The number of aliphatic hydroxyl groups is 1. The van der Waals surface area contributed by atoms with Crippen LogP contribution in [-0.2, 0) is 23.9 Å². The SMILES string of the molecule is CO[C@H](CO)[C@H]1OC(=O)C(=O)C1=O. The molecule has 1 N–H and O–H groups in total. The summed E-state index contributed by atoms with van der Waals surface area (Å²) in [5.74, 6) is -3.35. The topological polar surface area (TPSA) is 89.9 Å². The number of esters is 1. The molecule has 0 amide bonds. The van der Waals surface area contributed by atoms with Gasteiger partial charge in [0.05, 0.1) is 6.61 Å². The summed E-state index contributed by atoms with van der Waals surface area (Å²) in [7, 11) is 1.24. The van der Waals surface area contributed by atoms with Crippen LogP contribution in [0.5, 0.6) is 0 Å². The molecule has 13 heavy (non-hydrogen) atoms. The van der Waals surface area contributed by atoms with Gasteiger partial charge in [-0.1, -0.05) is 0 Å². The van der Waals surface area contributed by atoms with Gasteiger partial charge in [0.1, 0.15) is 6.10 Å². The minimum Gasteiger partial charge on any atom is -0.445 e. The smallest absolute Gasteiger partial charge is 0.383 e. The number of hydrogen-bond acceptors (Lipinski definition) is 6. The van der Waals surface area contributed by atoms with E-state index in [9.17, 15) is 14.4 Å². The van der Waals surface area contributed by atoms with E-state index in [0.29, 0.717) is 0 Å². The van der Waals surface area contributed by atoms with Crippen LogP contribution in [0.1, 0.15) is 0 Å². The highest BCUT2D eigenvalue weighted by Gasteiger charge is 2.46. The van der Waals surface area contributed by atoms with Crippen LogP contribution in [-0.4, -0.2) is 48.6 Å². The number of aliphatic hydroxyl groups excluding tert-OH is 1. The third-order valence-electron chi connectivity index (χ3n) is 1.72. The zero-order valence-corrected chi connectivity index (χ0v) is 6.85. The number of ether oxygens (including phenoxy) is 2. The van der Waals surface area contributed by atoms with Gasteiger partial charge in [-0.05, 0) is 0 Å². The number of ketones is 2. The first-order chi connectivity index (χ1) is 6.11. The molecule has 72 valence electrons. The average molecular weight is 188 g/mol. The minimum atomic E-state index is -1.30. The van der Waals surface area contributed by atoms with E-state index < -0.39 is 36.4 Å². The molecule has 0 aromatic rings. The standard InChI is InChI=1S/C7H8O6/c1-12-3(2-8)6-4(9)5(10)7(11)13-6/h3,6,8H,2H2,1H3/t3-,6-/m1/s1. The van der Waals surface area contributed by atoms with Gasteiger partial charge in [-0.25, -0.2) is 4.79 Å². The lowest BCUT2D eigenvalue weighted by Crippen LogP contribution is -2.37. The van der Waals surface area contributed by atoms with Crippen LogP contribution in [0.2, 0.25) is 0 Å². The Kier molecular flexibility index (Phi) is 2.74. The fourth-order valence-electron chi connectivity index (χ4n) is 0.991. The second-order valence-electron chi connectivity index (χ2n) is 2.48. The van der Waals surface area contributed by atoms with Crippen molar-refractivity contribution in [3.05, 3.63) is 0 Å². The first kappa shape index (κ1) is 9.82. The number of rotatable bonds is 3. The third kappa shape index (κ3) is 1.58. The summed E-state index contributed by atoms with van der Waals surface area (Å²) in [6.45, 7) is -0.493. The molecule has 0 aromatic carbocycles. The Morgan fingerprint density at radius 3 is 2.46 bits per heavy atom. The lowest BCUT2D eigenvalue weighted by molar-refractivity contribution is -0.153. The summed E-state index contributed by atoms with van der Waals surface area (Å²) < 4.78 is 9.06. The van der Waals surface area contributed by atoms with E-state index >= 15 is 0 Å². The van der Waals surface area contributed by atoms with E-state index in [2.05, 4.69) is 9.47 Å². The molecule has 1 saturated heterocycles. The van der Waals surface area contributed by atoms with Gasteiger partial charge in [-0.2, -0.15) is 0 Å². The highest BCUT2D eigenvalue weighted by atomic mass is 16.6. The number of Topliss-reactive ketones (excluding diaryl/α,β-unsaturated/α-hetero) is 2.